The van der Waals surface area contributed by atoms with E-state index >= 15 is 0 Å². The molecule has 6 rings (SSSR count). The molecule has 1 aromatic heterocycles. The lowest BCUT2D eigenvalue weighted by molar-refractivity contribution is 1.07. The van der Waals surface area contributed by atoms with Gasteiger partial charge in [0, 0.05) is 26.5 Å². The minimum absolute atomic E-state index is 0.642. The van der Waals surface area contributed by atoms with Gasteiger partial charge in [-0.25, -0.2) is 15.0 Å². The van der Waals surface area contributed by atoms with Crippen LogP contribution in [-0.2, 0) is 0 Å². The van der Waals surface area contributed by atoms with Crippen LogP contribution in [0.5, 0.6) is 0 Å². The predicted molar refractivity (Wildman–Crippen MR) is 139 cm³/mol. The summed E-state index contributed by atoms with van der Waals surface area (Å²) in [6.45, 7) is 0. The van der Waals surface area contributed by atoms with Crippen LogP contribution in [0.15, 0.2) is 114 Å². The Labute approximate surface area is 199 Å². The summed E-state index contributed by atoms with van der Waals surface area (Å²) in [6.07, 6.45) is 0. The molecule has 0 radical (unpaired) electrons. The zero-order valence-electron chi connectivity index (χ0n) is 17.6. The lowest BCUT2D eigenvalue weighted by atomic mass is 9.97. The van der Waals surface area contributed by atoms with E-state index in [9.17, 15) is 0 Å². The molecule has 3 nitrogen and oxygen atoms in total. The highest BCUT2D eigenvalue weighted by atomic mass is 79.9. The summed E-state index contributed by atoms with van der Waals surface area (Å²) in [5, 5.41) is 4.70. The van der Waals surface area contributed by atoms with Crippen molar-refractivity contribution in [1.82, 2.24) is 15.0 Å². The molecule has 0 unspecified atom stereocenters. The second kappa shape index (κ2) is 8.23. The smallest absolute Gasteiger partial charge is 0.165 e. The van der Waals surface area contributed by atoms with Crippen LogP contribution in [0.2, 0.25) is 0 Å². The molecule has 0 saturated carbocycles. The Kier molecular flexibility index (Phi) is 4.93. The second-order valence-corrected chi connectivity index (χ2v) is 8.70. The first kappa shape index (κ1) is 19.8. The molecule has 33 heavy (non-hydrogen) atoms. The van der Waals surface area contributed by atoms with Gasteiger partial charge in [0.05, 0.1) is 0 Å². The van der Waals surface area contributed by atoms with E-state index < -0.39 is 0 Å². The molecule has 0 aliphatic carbocycles. The van der Waals surface area contributed by atoms with Crippen LogP contribution < -0.4 is 0 Å². The van der Waals surface area contributed by atoms with E-state index in [1.54, 1.807) is 0 Å². The van der Waals surface area contributed by atoms with Crippen molar-refractivity contribution in [3.63, 3.8) is 0 Å². The van der Waals surface area contributed by atoms with Gasteiger partial charge in [-0.15, -0.1) is 0 Å². The van der Waals surface area contributed by atoms with Crippen molar-refractivity contribution in [1.29, 1.82) is 0 Å². The molecule has 4 heteroatoms. The Bertz CT molecular complexity index is 1630. The molecule has 0 saturated heterocycles. The molecule has 0 N–H and O–H groups in total. The van der Waals surface area contributed by atoms with Crippen molar-refractivity contribution in [3.05, 3.63) is 114 Å². The third kappa shape index (κ3) is 3.59. The number of nitrogens with zero attached hydrogens (tertiary/aromatic N) is 3. The van der Waals surface area contributed by atoms with Crippen LogP contribution in [0.25, 0.3) is 55.7 Å². The molecular formula is C29H18BrN3. The van der Waals surface area contributed by atoms with Gasteiger partial charge in [0.2, 0.25) is 0 Å². The topological polar surface area (TPSA) is 38.7 Å². The molecule has 0 aliphatic heterocycles. The van der Waals surface area contributed by atoms with Crippen molar-refractivity contribution < 1.29 is 0 Å². The first-order valence-corrected chi connectivity index (χ1v) is 11.5. The van der Waals surface area contributed by atoms with Gasteiger partial charge in [0.1, 0.15) is 0 Å². The fourth-order valence-electron chi connectivity index (χ4n) is 4.22. The zero-order chi connectivity index (χ0) is 22.2. The number of halogens is 1. The standard InChI is InChI=1S/C29H18BrN3/c30-25-16-7-6-14-23(25)28-31-27(21-10-2-1-3-11-21)32-29(33-28)24-15-8-12-20-18-17-19-9-4-5-13-22(19)26(20)24/h1-18H. The zero-order valence-corrected chi connectivity index (χ0v) is 19.2. The number of hydrogen-bond donors (Lipinski definition) is 0. The molecule has 0 fully saturated rings. The van der Waals surface area contributed by atoms with Crippen molar-refractivity contribution in [3.8, 4) is 34.2 Å². The highest BCUT2D eigenvalue weighted by molar-refractivity contribution is 9.10. The third-order valence-corrected chi connectivity index (χ3v) is 6.48. The number of benzene rings is 5. The fraction of sp³-hybridized carbons (Fsp3) is 0. The monoisotopic (exact) mass is 487 g/mol. The van der Waals surface area contributed by atoms with E-state index in [0.717, 1.165) is 31.9 Å². The molecule has 156 valence electrons. The van der Waals surface area contributed by atoms with E-state index in [4.69, 9.17) is 15.0 Å². The summed E-state index contributed by atoms with van der Waals surface area (Å²) in [7, 11) is 0. The van der Waals surface area contributed by atoms with Crippen LogP contribution in [0.3, 0.4) is 0 Å². The van der Waals surface area contributed by atoms with Crippen molar-refractivity contribution >= 4 is 37.5 Å². The number of rotatable bonds is 3. The Morgan fingerprint density at radius 2 is 1.06 bits per heavy atom. The van der Waals surface area contributed by atoms with Crippen LogP contribution in [-0.4, -0.2) is 15.0 Å². The average molecular weight is 488 g/mol. The Balaban J connectivity index is 1.68. The van der Waals surface area contributed by atoms with Gasteiger partial charge in [0.25, 0.3) is 0 Å². The lowest BCUT2D eigenvalue weighted by Crippen LogP contribution is -2.01. The van der Waals surface area contributed by atoms with E-state index in [1.807, 2.05) is 54.6 Å². The fourth-order valence-corrected chi connectivity index (χ4v) is 4.68. The normalized spacial score (nSPS) is 11.2. The summed E-state index contributed by atoms with van der Waals surface area (Å²) >= 11 is 3.67. The summed E-state index contributed by atoms with van der Waals surface area (Å²) in [5.41, 5.74) is 2.89. The molecule has 0 atom stereocenters. The molecule has 1 heterocycles. The SMILES string of the molecule is Brc1ccccc1-c1nc(-c2ccccc2)nc(-c2cccc3ccc4ccccc4c23)n1. The first-order chi connectivity index (χ1) is 16.3. The molecular weight excluding hydrogens is 470 g/mol. The Morgan fingerprint density at radius 1 is 0.455 bits per heavy atom. The Hall–Kier alpha value is -3.89. The summed E-state index contributed by atoms with van der Waals surface area (Å²) in [4.78, 5) is 14.8. The van der Waals surface area contributed by atoms with E-state index in [-0.39, 0.29) is 0 Å². The summed E-state index contributed by atoms with van der Waals surface area (Å²) < 4.78 is 0.949. The molecule has 0 spiro atoms. The second-order valence-electron chi connectivity index (χ2n) is 7.84. The largest absolute Gasteiger partial charge is 0.208 e. The maximum Gasteiger partial charge on any atom is 0.165 e. The quantitative estimate of drug-likeness (QED) is 0.237. The van der Waals surface area contributed by atoms with Gasteiger partial charge in [-0.1, -0.05) is 119 Å². The van der Waals surface area contributed by atoms with Crippen LogP contribution in [0, 0.1) is 0 Å². The summed E-state index contributed by atoms with van der Waals surface area (Å²) in [6, 6.07) is 37.2. The van der Waals surface area contributed by atoms with Gasteiger partial charge in [-0.2, -0.15) is 0 Å². The molecule has 5 aromatic carbocycles. The minimum Gasteiger partial charge on any atom is -0.208 e. The summed E-state index contributed by atoms with van der Waals surface area (Å²) in [5.74, 6) is 1.96. The third-order valence-electron chi connectivity index (χ3n) is 5.79. The van der Waals surface area contributed by atoms with Crippen LogP contribution in [0.1, 0.15) is 0 Å². The maximum atomic E-state index is 4.96. The average Bonchev–Trinajstić information content (AvgIpc) is 2.89. The molecule has 6 aromatic rings. The highest BCUT2D eigenvalue weighted by Crippen LogP contribution is 2.35. The van der Waals surface area contributed by atoms with Gasteiger partial charge in [-0.3, -0.25) is 0 Å². The van der Waals surface area contributed by atoms with E-state index in [0.29, 0.717) is 17.5 Å². The predicted octanol–water partition coefficient (Wildman–Crippen LogP) is 7.94. The minimum atomic E-state index is 0.642. The van der Waals surface area contributed by atoms with E-state index in [2.05, 4.69) is 70.5 Å². The van der Waals surface area contributed by atoms with Crippen molar-refractivity contribution in [2.75, 3.05) is 0 Å². The molecule has 0 aliphatic rings. The molecule has 0 amide bonds. The van der Waals surface area contributed by atoms with Gasteiger partial charge in [-0.05, 0) is 22.2 Å². The lowest BCUT2D eigenvalue weighted by Gasteiger charge is -2.12. The van der Waals surface area contributed by atoms with E-state index in [1.165, 1.54) is 10.8 Å². The van der Waals surface area contributed by atoms with Crippen molar-refractivity contribution in [2.45, 2.75) is 0 Å². The maximum absolute atomic E-state index is 4.96. The Morgan fingerprint density at radius 3 is 1.91 bits per heavy atom. The highest BCUT2D eigenvalue weighted by Gasteiger charge is 2.16. The van der Waals surface area contributed by atoms with Gasteiger partial charge < -0.3 is 0 Å². The number of hydrogen-bond acceptors (Lipinski definition) is 3. The van der Waals surface area contributed by atoms with Gasteiger partial charge >= 0.3 is 0 Å². The van der Waals surface area contributed by atoms with Crippen LogP contribution in [0.4, 0.5) is 0 Å². The molecule has 0 bridgehead atoms. The van der Waals surface area contributed by atoms with Gasteiger partial charge in [0.15, 0.2) is 17.5 Å². The van der Waals surface area contributed by atoms with Crippen LogP contribution >= 0.6 is 15.9 Å². The van der Waals surface area contributed by atoms with Crippen molar-refractivity contribution in [2.24, 2.45) is 0 Å². The first-order valence-electron chi connectivity index (χ1n) is 10.8. The number of aromatic nitrogens is 3. The number of fused-ring (bicyclic) bond motifs is 3.